The lowest BCUT2D eigenvalue weighted by molar-refractivity contribution is 0.670. The molecular formula is C49H33NO. The molecule has 9 aromatic rings. The highest BCUT2D eigenvalue weighted by atomic mass is 16.3. The van der Waals surface area contributed by atoms with Crippen LogP contribution in [0.4, 0.5) is 17.1 Å². The fraction of sp³-hybridized carbons (Fsp3) is 0.0204. The Morgan fingerprint density at radius 2 is 0.941 bits per heavy atom. The standard InChI is InChI=1S/C49H33NO/c1-4-17-34(18-5-1)49(35-19-6-2-7-20-35)44-28-13-10-23-38(44)39-32-31-37(33-45(39)49)50(36-21-8-3-9-22-36)46-29-14-11-24-40(46)42-26-16-27-43-41-25-12-15-30-47(41)51-48(42)43/h1-33H. The van der Waals surface area contributed by atoms with Crippen molar-refractivity contribution >= 4 is 39.0 Å². The third-order valence-electron chi connectivity index (χ3n) is 10.6. The van der Waals surface area contributed by atoms with Crippen LogP contribution in [0.5, 0.6) is 0 Å². The van der Waals surface area contributed by atoms with Gasteiger partial charge in [0.05, 0.1) is 11.1 Å². The third kappa shape index (κ3) is 4.43. The molecule has 0 saturated heterocycles. The van der Waals surface area contributed by atoms with E-state index in [1.165, 1.54) is 33.4 Å². The summed E-state index contributed by atoms with van der Waals surface area (Å²) < 4.78 is 6.59. The van der Waals surface area contributed by atoms with Crippen LogP contribution in [-0.4, -0.2) is 0 Å². The first-order valence-electron chi connectivity index (χ1n) is 17.5. The van der Waals surface area contributed by atoms with Crippen LogP contribution < -0.4 is 4.90 Å². The Morgan fingerprint density at radius 3 is 1.71 bits per heavy atom. The number of hydrogen-bond donors (Lipinski definition) is 0. The Morgan fingerprint density at radius 1 is 0.373 bits per heavy atom. The molecule has 10 rings (SSSR count). The molecule has 1 aromatic heterocycles. The van der Waals surface area contributed by atoms with Gasteiger partial charge in [-0.25, -0.2) is 0 Å². The minimum atomic E-state index is -0.494. The Kier molecular flexibility index (Phi) is 6.75. The molecule has 0 spiro atoms. The number of nitrogens with zero attached hydrogens (tertiary/aromatic N) is 1. The Hall–Kier alpha value is -6.64. The molecule has 8 aromatic carbocycles. The zero-order valence-corrected chi connectivity index (χ0v) is 27.9. The highest BCUT2D eigenvalue weighted by Gasteiger charge is 2.46. The molecule has 0 saturated carbocycles. The predicted molar refractivity (Wildman–Crippen MR) is 211 cm³/mol. The van der Waals surface area contributed by atoms with Crippen LogP contribution >= 0.6 is 0 Å². The predicted octanol–water partition coefficient (Wildman–Crippen LogP) is 13.1. The second-order valence-electron chi connectivity index (χ2n) is 13.2. The van der Waals surface area contributed by atoms with Crippen molar-refractivity contribution in [2.75, 3.05) is 4.90 Å². The summed E-state index contributed by atoms with van der Waals surface area (Å²) in [6, 6.07) is 72.2. The van der Waals surface area contributed by atoms with Crippen molar-refractivity contribution in [3.63, 3.8) is 0 Å². The molecule has 1 aliphatic carbocycles. The first kappa shape index (κ1) is 29.3. The van der Waals surface area contributed by atoms with E-state index in [0.717, 1.165) is 50.1 Å². The van der Waals surface area contributed by atoms with Gasteiger partial charge >= 0.3 is 0 Å². The van der Waals surface area contributed by atoms with E-state index in [4.69, 9.17) is 4.42 Å². The lowest BCUT2D eigenvalue weighted by Gasteiger charge is -2.35. The monoisotopic (exact) mass is 651 g/mol. The van der Waals surface area contributed by atoms with Crippen LogP contribution in [0.2, 0.25) is 0 Å². The highest BCUT2D eigenvalue weighted by Crippen LogP contribution is 2.57. The molecule has 0 aliphatic heterocycles. The van der Waals surface area contributed by atoms with Crippen LogP contribution in [0.3, 0.4) is 0 Å². The first-order valence-corrected chi connectivity index (χ1v) is 17.5. The summed E-state index contributed by atoms with van der Waals surface area (Å²) in [5.74, 6) is 0. The van der Waals surface area contributed by atoms with E-state index in [-0.39, 0.29) is 0 Å². The fourth-order valence-corrected chi connectivity index (χ4v) is 8.43. The van der Waals surface area contributed by atoms with Crippen molar-refractivity contribution in [2.24, 2.45) is 0 Å². The largest absolute Gasteiger partial charge is 0.455 e. The summed E-state index contributed by atoms with van der Waals surface area (Å²) in [5.41, 5.74) is 14.3. The van der Waals surface area contributed by atoms with Crippen LogP contribution in [-0.2, 0) is 5.41 Å². The minimum Gasteiger partial charge on any atom is -0.455 e. The molecule has 240 valence electrons. The Labute approximate surface area is 297 Å². The van der Waals surface area contributed by atoms with Crippen molar-refractivity contribution in [3.8, 4) is 22.3 Å². The summed E-state index contributed by atoms with van der Waals surface area (Å²) >= 11 is 0. The molecule has 0 fully saturated rings. The number of hydrogen-bond acceptors (Lipinski definition) is 2. The van der Waals surface area contributed by atoms with Gasteiger partial charge in [0.2, 0.25) is 0 Å². The zero-order chi connectivity index (χ0) is 33.8. The van der Waals surface area contributed by atoms with E-state index in [0.29, 0.717) is 0 Å². The minimum absolute atomic E-state index is 0.494. The van der Waals surface area contributed by atoms with E-state index in [1.54, 1.807) is 0 Å². The van der Waals surface area contributed by atoms with Crippen molar-refractivity contribution in [1.29, 1.82) is 0 Å². The molecule has 1 heterocycles. The molecule has 0 N–H and O–H groups in total. The molecule has 0 radical (unpaired) electrons. The maximum absolute atomic E-state index is 6.59. The van der Waals surface area contributed by atoms with Gasteiger partial charge in [0.15, 0.2) is 0 Å². The van der Waals surface area contributed by atoms with Gasteiger partial charge in [-0.05, 0) is 69.8 Å². The van der Waals surface area contributed by atoms with E-state index >= 15 is 0 Å². The number of rotatable bonds is 6. The summed E-state index contributed by atoms with van der Waals surface area (Å²) in [4.78, 5) is 2.40. The summed E-state index contributed by atoms with van der Waals surface area (Å²) in [5, 5.41) is 2.25. The van der Waals surface area contributed by atoms with Gasteiger partial charge in [0.25, 0.3) is 0 Å². The summed E-state index contributed by atoms with van der Waals surface area (Å²) in [6.07, 6.45) is 0. The van der Waals surface area contributed by atoms with Crippen molar-refractivity contribution in [2.45, 2.75) is 5.41 Å². The second kappa shape index (κ2) is 11.8. The van der Waals surface area contributed by atoms with E-state index in [1.807, 2.05) is 6.07 Å². The molecule has 2 nitrogen and oxygen atoms in total. The molecule has 0 atom stereocenters. The molecule has 1 aliphatic rings. The van der Waals surface area contributed by atoms with Crippen LogP contribution in [0.1, 0.15) is 22.3 Å². The van der Waals surface area contributed by atoms with Gasteiger partial charge < -0.3 is 9.32 Å². The van der Waals surface area contributed by atoms with Gasteiger partial charge in [0.1, 0.15) is 11.2 Å². The van der Waals surface area contributed by atoms with Crippen molar-refractivity contribution < 1.29 is 4.42 Å². The molecule has 0 amide bonds. The molecule has 2 heteroatoms. The fourth-order valence-electron chi connectivity index (χ4n) is 8.43. The molecular weight excluding hydrogens is 619 g/mol. The van der Waals surface area contributed by atoms with E-state index in [2.05, 4.69) is 199 Å². The van der Waals surface area contributed by atoms with Gasteiger partial charge in [-0.15, -0.1) is 0 Å². The van der Waals surface area contributed by atoms with Crippen LogP contribution in [0.25, 0.3) is 44.2 Å². The van der Waals surface area contributed by atoms with Crippen LogP contribution in [0.15, 0.2) is 205 Å². The van der Waals surface area contributed by atoms with Crippen molar-refractivity contribution in [3.05, 3.63) is 222 Å². The number of anilines is 3. The lowest BCUT2D eigenvalue weighted by atomic mass is 9.67. The number of furan rings is 1. The molecule has 0 unspecified atom stereocenters. The van der Waals surface area contributed by atoms with Gasteiger partial charge in [-0.2, -0.15) is 0 Å². The molecule has 0 bridgehead atoms. The van der Waals surface area contributed by atoms with Gasteiger partial charge in [-0.1, -0.05) is 164 Å². The average Bonchev–Trinajstić information content (AvgIpc) is 3.73. The zero-order valence-electron chi connectivity index (χ0n) is 27.9. The maximum atomic E-state index is 6.59. The van der Waals surface area contributed by atoms with E-state index < -0.39 is 5.41 Å². The van der Waals surface area contributed by atoms with Crippen molar-refractivity contribution in [1.82, 2.24) is 0 Å². The summed E-state index contributed by atoms with van der Waals surface area (Å²) in [6.45, 7) is 0. The second-order valence-corrected chi connectivity index (χ2v) is 13.2. The Balaban J connectivity index is 1.25. The third-order valence-corrected chi connectivity index (χ3v) is 10.6. The quantitative estimate of drug-likeness (QED) is 0.178. The smallest absolute Gasteiger partial charge is 0.143 e. The Bertz CT molecular complexity index is 2650. The van der Waals surface area contributed by atoms with Gasteiger partial charge in [-0.3, -0.25) is 0 Å². The normalized spacial score (nSPS) is 12.9. The lowest BCUT2D eigenvalue weighted by Crippen LogP contribution is -2.28. The average molecular weight is 652 g/mol. The van der Waals surface area contributed by atoms with Gasteiger partial charge in [0, 0.05) is 33.3 Å². The molecule has 51 heavy (non-hydrogen) atoms. The first-order chi connectivity index (χ1) is 25.3. The maximum Gasteiger partial charge on any atom is 0.143 e. The highest BCUT2D eigenvalue weighted by molar-refractivity contribution is 6.10. The summed E-state index contributed by atoms with van der Waals surface area (Å²) in [7, 11) is 0. The number of para-hydroxylation sites is 4. The van der Waals surface area contributed by atoms with E-state index in [9.17, 15) is 0 Å². The number of benzene rings is 8. The van der Waals surface area contributed by atoms with Crippen LogP contribution in [0, 0.1) is 0 Å². The number of fused-ring (bicyclic) bond motifs is 6. The SMILES string of the molecule is c1ccc(N(c2ccc3c(c2)C(c2ccccc2)(c2ccccc2)c2ccccc2-3)c2ccccc2-c2cccc3c2oc2ccccc23)cc1. The topological polar surface area (TPSA) is 16.4 Å².